The number of halogens is 1. The topological polar surface area (TPSA) is 49.9 Å². The van der Waals surface area contributed by atoms with Gasteiger partial charge in [0.15, 0.2) is 0 Å². The second-order valence-electron chi connectivity index (χ2n) is 5.19. The number of aryl methyl sites for hydroxylation is 1. The number of nitrogens with zero attached hydrogens (tertiary/aromatic N) is 2. The molecule has 0 spiro atoms. The van der Waals surface area contributed by atoms with E-state index >= 15 is 0 Å². The molecule has 0 unspecified atom stereocenters. The van der Waals surface area contributed by atoms with Gasteiger partial charge in [-0.15, -0.1) is 0 Å². The Morgan fingerprint density at radius 1 is 1.09 bits per heavy atom. The van der Waals surface area contributed by atoms with Gasteiger partial charge >= 0.3 is 6.09 Å². The van der Waals surface area contributed by atoms with Crippen LogP contribution in [0.5, 0.6) is 0 Å². The van der Waals surface area contributed by atoms with E-state index in [-0.39, 0.29) is 12.0 Å². The summed E-state index contributed by atoms with van der Waals surface area (Å²) >= 11 is 5.84. The highest BCUT2D eigenvalue weighted by Crippen LogP contribution is 2.12. The van der Waals surface area contributed by atoms with Crippen LogP contribution in [0.1, 0.15) is 18.9 Å². The number of piperazine rings is 1. The van der Waals surface area contributed by atoms with E-state index in [1.54, 1.807) is 11.8 Å². The molecule has 2 rings (SSSR count). The van der Waals surface area contributed by atoms with Crippen molar-refractivity contribution in [2.75, 3.05) is 32.8 Å². The third kappa shape index (κ3) is 4.63. The largest absolute Gasteiger partial charge is 0.450 e. The third-order valence-corrected chi connectivity index (χ3v) is 3.95. The van der Waals surface area contributed by atoms with Gasteiger partial charge in [-0.3, -0.25) is 4.79 Å². The van der Waals surface area contributed by atoms with Crippen molar-refractivity contribution in [2.45, 2.75) is 19.8 Å². The van der Waals surface area contributed by atoms with Gasteiger partial charge in [0.2, 0.25) is 5.91 Å². The lowest BCUT2D eigenvalue weighted by atomic mass is 10.1. The maximum Gasteiger partial charge on any atom is 0.409 e. The van der Waals surface area contributed by atoms with Crippen LogP contribution in [0, 0.1) is 0 Å². The molecule has 1 fully saturated rings. The van der Waals surface area contributed by atoms with Crippen molar-refractivity contribution in [2.24, 2.45) is 0 Å². The van der Waals surface area contributed by atoms with E-state index in [0.29, 0.717) is 50.7 Å². The fourth-order valence-electron chi connectivity index (χ4n) is 2.41. The molecule has 1 aromatic carbocycles. The highest BCUT2D eigenvalue weighted by atomic mass is 35.5. The molecular weight excluding hydrogens is 304 g/mol. The summed E-state index contributed by atoms with van der Waals surface area (Å²) in [5.41, 5.74) is 1.10. The molecule has 1 saturated heterocycles. The number of rotatable bonds is 4. The number of hydrogen-bond donors (Lipinski definition) is 0. The molecule has 0 bridgehead atoms. The summed E-state index contributed by atoms with van der Waals surface area (Å²) in [4.78, 5) is 27.3. The van der Waals surface area contributed by atoms with E-state index in [4.69, 9.17) is 16.3 Å². The molecule has 22 heavy (non-hydrogen) atoms. The first-order chi connectivity index (χ1) is 10.6. The molecule has 0 aromatic heterocycles. The number of amides is 2. The Morgan fingerprint density at radius 3 is 2.27 bits per heavy atom. The van der Waals surface area contributed by atoms with E-state index in [2.05, 4.69) is 0 Å². The molecule has 1 aliphatic rings. The number of benzene rings is 1. The molecule has 120 valence electrons. The van der Waals surface area contributed by atoms with Gasteiger partial charge in [-0.2, -0.15) is 0 Å². The maximum absolute atomic E-state index is 12.2. The van der Waals surface area contributed by atoms with Gasteiger partial charge in [0, 0.05) is 37.6 Å². The summed E-state index contributed by atoms with van der Waals surface area (Å²) in [6, 6.07) is 7.54. The van der Waals surface area contributed by atoms with Crippen molar-refractivity contribution < 1.29 is 14.3 Å². The predicted octanol–water partition coefficient (Wildman–Crippen LogP) is 2.57. The molecule has 6 heteroatoms. The molecule has 0 N–H and O–H groups in total. The lowest BCUT2D eigenvalue weighted by molar-refractivity contribution is -0.132. The summed E-state index contributed by atoms with van der Waals surface area (Å²) in [5, 5.41) is 0.699. The third-order valence-electron chi connectivity index (χ3n) is 3.70. The zero-order chi connectivity index (χ0) is 15.9. The number of carbonyl (C=O) groups is 2. The SMILES string of the molecule is CCOC(=O)N1CCN(C(=O)CCc2ccc(Cl)cc2)CC1. The Hall–Kier alpha value is -1.75. The first-order valence-electron chi connectivity index (χ1n) is 7.54. The first-order valence-corrected chi connectivity index (χ1v) is 7.92. The van der Waals surface area contributed by atoms with Gasteiger partial charge in [0.1, 0.15) is 0 Å². The Balaban J connectivity index is 1.75. The standard InChI is InChI=1S/C16H21ClN2O3/c1-2-22-16(21)19-11-9-18(10-12-19)15(20)8-5-13-3-6-14(17)7-4-13/h3-4,6-7H,2,5,8-12H2,1H3. The van der Waals surface area contributed by atoms with Gasteiger partial charge in [0.05, 0.1) is 6.61 Å². The quantitative estimate of drug-likeness (QED) is 0.855. The van der Waals surface area contributed by atoms with Crippen LogP contribution < -0.4 is 0 Å². The fourth-order valence-corrected chi connectivity index (χ4v) is 2.54. The van der Waals surface area contributed by atoms with Crippen molar-refractivity contribution in [3.8, 4) is 0 Å². The van der Waals surface area contributed by atoms with Crippen LogP contribution in [0.3, 0.4) is 0 Å². The van der Waals surface area contributed by atoms with E-state index < -0.39 is 0 Å². The lowest BCUT2D eigenvalue weighted by Crippen LogP contribution is -2.50. The van der Waals surface area contributed by atoms with Crippen molar-refractivity contribution >= 4 is 23.6 Å². The second kappa shape index (κ2) is 8.03. The zero-order valence-corrected chi connectivity index (χ0v) is 13.5. The van der Waals surface area contributed by atoms with Gasteiger partial charge in [-0.05, 0) is 31.0 Å². The van der Waals surface area contributed by atoms with Crippen molar-refractivity contribution in [1.29, 1.82) is 0 Å². The minimum absolute atomic E-state index is 0.124. The van der Waals surface area contributed by atoms with Gasteiger partial charge in [0.25, 0.3) is 0 Å². The second-order valence-corrected chi connectivity index (χ2v) is 5.63. The average Bonchev–Trinajstić information content (AvgIpc) is 2.54. The molecule has 2 amide bonds. The van der Waals surface area contributed by atoms with Crippen molar-refractivity contribution in [3.05, 3.63) is 34.9 Å². The smallest absolute Gasteiger partial charge is 0.409 e. The highest BCUT2D eigenvalue weighted by molar-refractivity contribution is 6.30. The van der Waals surface area contributed by atoms with Crippen LogP contribution in [0.2, 0.25) is 5.02 Å². The Labute approximate surface area is 135 Å². The van der Waals surface area contributed by atoms with Gasteiger partial charge in [-0.25, -0.2) is 4.79 Å². The van der Waals surface area contributed by atoms with E-state index in [1.165, 1.54) is 0 Å². The minimum atomic E-state index is -0.296. The maximum atomic E-state index is 12.2. The number of hydrogen-bond acceptors (Lipinski definition) is 3. The first kappa shape index (κ1) is 16.6. The van der Waals surface area contributed by atoms with Crippen LogP contribution in [0.25, 0.3) is 0 Å². The van der Waals surface area contributed by atoms with Crippen LogP contribution in [0.15, 0.2) is 24.3 Å². The molecule has 1 heterocycles. The molecule has 1 aliphatic heterocycles. The molecular formula is C16H21ClN2O3. The van der Waals surface area contributed by atoms with Gasteiger partial charge < -0.3 is 14.5 Å². The average molecular weight is 325 g/mol. The van der Waals surface area contributed by atoms with E-state index in [9.17, 15) is 9.59 Å². The fraction of sp³-hybridized carbons (Fsp3) is 0.500. The van der Waals surface area contributed by atoms with Crippen LogP contribution in [0.4, 0.5) is 4.79 Å². The van der Waals surface area contributed by atoms with Crippen molar-refractivity contribution in [1.82, 2.24) is 9.80 Å². The Kier molecular flexibility index (Phi) is 6.07. The molecule has 0 atom stereocenters. The summed E-state index contributed by atoms with van der Waals surface area (Å²) in [6.45, 7) is 4.36. The van der Waals surface area contributed by atoms with Crippen LogP contribution in [-0.2, 0) is 16.0 Å². The monoisotopic (exact) mass is 324 g/mol. The summed E-state index contributed by atoms with van der Waals surface area (Å²) in [5.74, 6) is 0.124. The number of ether oxygens (including phenoxy) is 1. The minimum Gasteiger partial charge on any atom is -0.450 e. The van der Waals surface area contributed by atoms with Crippen LogP contribution in [-0.4, -0.2) is 54.6 Å². The predicted molar refractivity (Wildman–Crippen MR) is 84.9 cm³/mol. The summed E-state index contributed by atoms with van der Waals surface area (Å²) in [6.07, 6.45) is 0.880. The van der Waals surface area contributed by atoms with Crippen molar-refractivity contribution in [3.63, 3.8) is 0 Å². The molecule has 0 aliphatic carbocycles. The molecule has 0 saturated carbocycles. The Bertz CT molecular complexity index is 511. The molecule has 1 aromatic rings. The normalized spacial score (nSPS) is 14.8. The molecule has 5 nitrogen and oxygen atoms in total. The van der Waals surface area contributed by atoms with Gasteiger partial charge in [-0.1, -0.05) is 23.7 Å². The van der Waals surface area contributed by atoms with E-state index in [0.717, 1.165) is 5.56 Å². The van der Waals surface area contributed by atoms with Crippen LogP contribution >= 0.6 is 11.6 Å². The highest BCUT2D eigenvalue weighted by Gasteiger charge is 2.24. The zero-order valence-electron chi connectivity index (χ0n) is 12.8. The summed E-state index contributed by atoms with van der Waals surface area (Å²) < 4.78 is 4.96. The van der Waals surface area contributed by atoms with E-state index in [1.807, 2.05) is 29.2 Å². The lowest BCUT2D eigenvalue weighted by Gasteiger charge is -2.34. The summed E-state index contributed by atoms with van der Waals surface area (Å²) in [7, 11) is 0. The number of carbonyl (C=O) groups excluding carboxylic acids is 2. The molecule has 0 radical (unpaired) electrons. The Morgan fingerprint density at radius 2 is 1.68 bits per heavy atom.